The van der Waals surface area contributed by atoms with Crippen molar-refractivity contribution in [2.45, 2.75) is 0 Å². The zero-order chi connectivity index (χ0) is 12.3. The topological polar surface area (TPSA) is 94.5 Å². The maximum absolute atomic E-state index is 10.5. The minimum absolute atomic E-state index is 0.0316. The molecule has 1 aliphatic rings. The van der Waals surface area contributed by atoms with E-state index in [9.17, 15) is 10.4 Å². The highest BCUT2D eigenvalue weighted by Gasteiger charge is 2.04. The Balaban J connectivity index is 2.43. The Kier molecular flexibility index (Phi) is 2.97. The predicted octanol–water partition coefficient (Wildman–Crippen LogP) is -0.278. The second kappa shape index (κ2) is 4.58. The summed E-state index contributed by atoms with van der Waals surface area (Å²) in [5, 5.41) is 29.4. The van der Waals surface area contributed by atoms with Crippen LogP contribution in [0.1, 0.15) is 0 Å². The van der Waals surface area contributed by atoms with E-state index >= 15 is 0 Å². The van der Waals surface area contributed by atoms with Crippen molar-refractivity contribution in [3.8, 4) is 0 Å². The van der Waals surface area contributed by atoms with E-state index in [1.807, 2.05) is 5.48 Å². The SMILES string of the molecule is [O-][N+]([O-])=C1C=CC(=c2ccc(=CNO)o2)C=C1. The van der Waals surface area contributed by atoms with Crippen molar-refractivity contribution in [1.82, 2.24) is 5.48 Å². The first-order valence-corrected chi connectivity index (χ1v) is 4.78. The lowest BCUT2D eigenvalue weighted by Gasteiger charge is -2.07. The second-order valence-corrected chi connectivity index (χ2v) is 3.28. The fourth-order valence-corrected chi connectivity index (χ4v) is 1.40. The van der Waals surface area contributed by atoms with Crippen LogP contribution in [0, 0.1) is 10.4 Å². The van der Waals surface area contributed by atoms with E-state index in [1.165, 1.54) is 18.4 Å². The molecule has 0 bridgehead atoms. The number of nitrogens with zero attached hydrogens (tertiary/aromatic N) is 1. The van der Waals surface area contributed by atoms with Crippen LogP contribution in [-0.2, 0) is 0 Å². The standard InChI is InChI=1S/C11H9N2O4/c14-12-7-10-5-6-11(17-10)8-1-3-9(4-2-8)13(15)16/h1-7,12,14H/q-1. The van der Waals surface area contributed by atoms with Crippen LogP contribution in [0.15, 0.2) is 40.9 Å². The van der Waals surface area contributed by atoms with E-state index in [4.69, 9.17) is 9.62 Å². The number of hydrogen-bond donors (Lipinski definition) is 2. The zero-order valence-corrected chi connectivity index (χ0v) is 8.66. The van der Waals surface area contributed by atoms with Gasteiger partial charge in [0.05, 0.1) is 6.20 Å². The number of allylic oxidation sites excluding steroid dienone is 4. The molecule has 0 spiro atoms. The van der Waals surface area contributed by atoms with Gasteiger partial charge in [-0.05, 0) is 24.3 Å². The first kappa shape index (κ1) is 11.0. The third-order valence-electron chi connectivity index (χ3n) is 2.20. The third kappa shape index (κ3) is 2.37. The molecule has 6 heteroatoms. The Bertz CT molecular complexity index is 600. The lowest BCUT2D eigenvalue weighted by molar-refractivity contribution is -0.377. The number of hydrogen-bond acceptors (Lipinski definition) is 5. The predicted molar refractivity (Wildman–Crippen MR) is 61.0 cm³/mol. The van der Waals surface area contributed by atoms with Gasteiger partial charge in [-0.2, -0.15) is 4.90 Å². The lowest BCUT2D eigenvalue weighted by atomic mass is 10.1. The fourth-order valence-electron chi connectivity index (χ4n) is 1.40. The first-order chi connectivity index (χ1) is 8.20. The zero-order valence-electron chi connectivity index (χ0n) is 8.66. The van der Waals surface area contributed by atoms with Gasteiger partial charge >= 0.3 is 0 Å². The Morgan fingerprint density at radius 3 is 2.47 bits per heavy atom. The molecule has 0 fully saturated rings. The van der Waals surface area contributed by atoms with E-state index in [0.29, 0.717) is 10.8 Å². The Morgan fingerprint density at radius 2 is 1.88 bits per heavy atom. The van der Waals surface area contributed by atoms with Crippen molar-refractivity contribution in [1.29, 1.82) is 0 Å². The van der Waals surface area contributed by atoms with Gasteiger partial charge in [0.1, 0.15) is 10.8 Å². The fraction of sp³-hybridized carbons (Fsp3) is 0. The molecule has 1 heterocycles. The molecule has 0 aromatic carbocycles. The van der Waals surface area contributed by atoms with Crippen molar-refractivity contribution in [3.63, 3.8) is 0 Å². The average Bonchev–Trinajstić information content (AvgIpc) is 2.78. The summed E-state index contributed by atoms with van der Waals surface area (Å²) in [6, 6.07) is 3.38. The minimum Gasteiger partial charge on any atom is -0.612 e. The Hall–Kier alpha value is -2.47. The summed E-state index contributed by atoms with van der Waals surface area (Å²) in [6.07, 6.45) is 7.31. The van der Waals surface area contributed by atoms with Crippen LogP contribution in [-0.4, -0.2) is 15.8 Å². The summed E-state index contributed by atoms with van der Waals surface area (Å²) >= 11 is 0. The summed E-state index contributed by atoms with van der Waals surface area (Å²) in [6.45, 7) is 0. The Morgan fingerprint density at radius 1 is 1.18 bits per heavy atom. The van der Waals surface area contributed by atoms with Crippen molar-refractivity contribution >= 4 is 17.5 Å². The number of furan rings is 1. The molecule has 0 amide bonds. The third-order valence-corrected chi connectivity index (χ3v) is 2.20. The highest BCUT2D eigenvalue weighted by atomic mass is 16.8. The molecule has 0 aliphatic heterocycles. The minimum atomic E-state index is -0.458. The van der Waals surface area contributed by atoms with Crippen LogP contribution in [0.25, 0.3) is 11.8 Å². The van der Waals surface area contributed by atoms with Crippen LogP contribution in [0.5, 0.6) is 0 Å². The maximum atomic E-state index is 10.5. The van der Waals surface area contributed by atoms with Gasteiger partial charge < -0.3 is 14.8 Å². The molecular weight excluding hydrogens is 224 g/mol. The first-order valence-electron chi connectivity index (χ1n) is 4.78. The molecule has 1 aliphatic carbocycles. The molecule has 1 aromatic heterocycles. The van der Waals surface area contributed by atoms with Crippen molar-refractivity contribution < 1.29 is 14.5 Å². The van der Waals surface area contributed by atoms with Crippen molar-refractivity contribution in [2.75, 3.05) is 0 Å². The van der Waals surface area contributed by atoms with Crippen molar-refractivity contribution in [2.24, 2.45) is 0 Å². The van der Waals surface area contributed by atoms with Crippen LogP contribution in [0.2, 0.25) is 0 Å². The summed E-state index contributed by atoms with van der Waals surface area (Å²) in [5.41, 5.74) is 3.66. The quantitative estimate of drug-likeness (QED) is 0.514. The molecule has 0 saturated carbocycles. The largest absolute Gasteiger partial charge is 0.612 e. The van der Waals surface area contributed by atoms with Crippen molar-refractivity contribution in [3.05, 3.63) is 57.7 Å². The van der Waals surface area contributed by atoms with Gasteiger partial charge in [-0.1, -0.05) is 0 Å². The summed E-state index contributed by atoms with van der Waals surface area (Å²) < 4.78 is 5.36. The molecule has 0 radical (unpaired) electrons. The molecule has 88 valence electrons. The van der Waals surface area contributed by atoms with Gasteiger partial charge in [0.25, 0.3) is 0 Å². The molecule has 17 heavy (non-hydrogen) atoms. The number of rotatable bonds is 1. The molecule has 0 unspecified atom stereocenters. The van der Waals surface area contributed by atoms with Gasteiger partial charge in [-0.15, -0.1) is 0 Å². The second-order valence-electron chi connectivity index (χ2n) is 3.28. The van der Waals surface area contributed by atoms with Gasteiger partial charge in [-0.25, -0.2) is 0 Å². The summed E-state index contributed by atoms with van der Waals surface area (Å²) in [4.78, 5) is -0.458. The molecule has 2 rings (SSSR count). The number of nitrogens with one attached hydrogen (secondary N) is 1. The van der Waals surface area contributed by atoms with E-state index in [1.54, 1.807) is 24.3 Å². The van der Waals surface area contributed by atoms with E-state index < -0.39 is 4.90 Å². The lowest BCUT2D eigenvalue weighted by Crippen LogP contribution is -2.10. The summed E-state index contributed by atoms with van der Waals surface area (Å²) in [5.74, 6) is 0. The molecule has 2 N–H and O–H groups in total. The molecule has 1 aromatic rings. The molecule has 0 atom stereocenters. The van der Waals surface area contributed by atoms with Crippen LogP contribution in [0.4, 0.5) is 0 Å². The maximum Gasteiger partial charge on any atom is 0.222 e. The van der Waals surface area contributed by atoms with Gasteiger partial charge in [-0.3, -0.25) is 10.7 Å². The molecule has 0 saturated heterocycles. The monoisotopic (exact) mass is 233 g/mol. The van der Waals surface area contributed by atoms with Gasteiger partial charge in [0.2, 0.25) is 5.71 Å². The van der Waals surface area contributed by atoms with Crippen LogP contribution in [0.3, 0.4) is 0 Å². The highest BCUT2D eigenvalue weighted by molar-refractivity contribution is 6.05. The summed E-state index contributed by atoms with van der Waals surface area (Å²) in [7, 11) is 0. The normalized spacial score (nSPS) is 15.5. The average molecular weight is 233 g/mol. The van der Waals surface area contributed by atoms with Crippen LogP contribution >= 0.6 is 0 Å². The smallest absolute Gasteiger partial charge is 0.222 e. The van der Waals surface area contributed by atoms with Gasteiger partial charge in [0.15, 0.2) is 0 Å². The molecule has 6 nitrogen and oxygen atoms in total. The van der Waals surface area contributed by atoms with Crippen LogP contribution < -0.4 is 16.3 Å². The Labute approximate surface area is 95.9 Å². The van der Waals surface area contributed by atoms with E-state index in [2.05, 4.69) is 0 Å². The van der Waals surface area contributed by atoms with Gasteiger partial charge in [0, 0.05) is 17.7 Å². The van der Waals surface area contributed by atoms with E-state index in [0.717, 1.165) is 5.57 Å². The van der Waals surface area contributed by atoms with E-state index in [-0.39, 0.29) is 5.71 Å². The highest BCUT2D eigenvalue weighted by Crippen LogP contribution is 2.05. The number of hydroxylamine groups is 1. The molecular formula is C11H9N2O4-.